The molecule has 1 amide bonds. The van der Waals surface area contributed by atoms with Gasteiger partial charge in [-0.05, 0) is 54.9 Å². The summed E-state index contributed by atoms with van der Waals surface area (Å²) in [5.41, 5.74) is 4.86. The van der Waals surface area contributed by atoms with E-state index in [1.807, 2.05) is 30.3 Å². The third-order valence-electron chi connectivity index (χ3n) is 7.29. The molecule has 3 aromatic rings. The molecule has 0 fully saturated rings. The van der Waals surface area contributed by atoms with Gasteiger partial charge in [-0.25, -0.2) is 4.99 Å². The van der Waals surface area contributed by atoms with Crippen LogP contribution in [0.2, 0.25) is 18.1 Å². The van der Waals surface area contributed by atoms with E-state index in [4.69, 9.17) is 18.8 Å². The molecule has 38 heavy (non-hydrogen) atoms. The number of hydrogen-bond donors (Lipinski definition) is 0. The average molecular weight is 524 g/mol. The number of aliphatic imine (C=N–C) groups is 2. The second-order valence-electron chi connectivity index (χ2n) is 11.3. The van der Waals surface area contributed by atoms with Crippen molar-refractivity contribution >= 4 is 37.5 Å². The first kappa shape index (κ1) is 25.7. The van der Waals surface area contributed by atoms with Gasteiger partial charge in [0.1, 0.15) is 17.2 Å². The fraction of sp³-hybridized carbons (Fsp3) is 0.258. The van der Waals surface area contributed by atoms with Crippen molar-refractivity contribution in [2.24, 2.45) is 9.98 Å². The van der Waals surface area contributed by atoms with Crippen LogP contribution in [-0.2, 0) is 11.2 Å². The molecule has 2 aromatic carbocycles. The summed E-state index contributed by atoms with van der Waals surface area (Å²) < 4.78 is 12.0. The summed E-state index contributed by atoms with van der Waals surface area (Å²) in [4.78, 5) is 25.0. The number of furan rings is 1. The van der Waals surface area contributed by atoms with Gasteiger partial charge in [0, 0.05) is 18.1 Å². The van der Waals surface area contributed by atoms with Crippen LogP contribution in [0, 0.1) is 6.92 Å². The number of hydrogen-bond acceptors (Lipinski definition) is 5. The molecule has 0 spiro atoms. The molecule has 2 aliphatic rings. The van der Waals surface area contributed by atoms with E-state index in [1.165, 1.54) is 5.56 Å². The molecule has 7 heteroatoms. The molecule has 0 bridgehead atoms. The highest BCUT2D eigenvalue weighted by molar-refractivity contribution is 6.74. The quantitative estimate of drug-likeness (QED) is 0.252. The zero-order chi connectivity index (χ0) is 27.1. The topological polar surface area (TPSA) is 67.4 Å². The minimum atomic E-state index is -2.04. The van der Waals surface area contributed by atoms with Crippen LogP contribution in [0.4, 0.5) is 0 Å². The van der Waals surface area contributed by atoms with E-state index in [1.54, 1.807) is 35.6 Å². The summed E-state index contributed by atoms with van der Waals surface area (Å²) in [5, 5.41) is 0.0678. The Morgan fingerprint density at radius 1 is 1.05 bits per heavy atom. The van der Waals surface area contributed by atoms with Crippen LogP contribution in [0.25, 0.3) is 11.8 Å². The average Bonchev–Trinajstić information content (AvgIpc) is 3.47. The first-order valence-corrected chi connectivity index (χ1v) is 15.7. The van der Waals surface area contributed by atoms with Crippen molar-refractivity contribution in [1.29, 1.82) is 0 Å². The van der Waals surface area contributed by atoms with Gasteiger partial charge in [-0.2, -0.15) is 0 Å². The van der Waals surface area contributed by atoms with Crippen molar-refractivity contribution in [3.8, 4) is 5.75 Å². The lowest BCUT2D eigenvalue weighted by molar-refractivity contribution is -0.120. The van der Waals surface area contributed by atoms with Crippen molar-refractivity contribution in [3.63, 3.8) is 0 Å². The Bertz CT molecular complexity index is 1510. The number of fused-ring (bicyclic) bond motifs is 1. The Morgan fingerprint density at radius 3 is 2.55 bits per heavy atom. The van der Waals surface area contributed by atoms with Crippen LogP contribution in [0.1, 0.15) is 43.2 Å². The first-order valence-electron chi connectivity index (χ1n) is 12.8. The van der Waals surface area contributed by atoms with Gasteiger partial charge in [-0.3, -0.25) is 14.7 Å². The number of rotatable bonds is 6. The van der Waals surface area contributed by atoms with Gasteiger partial charge in [0.25, 0.3) is 5.91 Å². The first-order chi connectivity index (χ1) is 18.0. The summed E-state index contributed by atoms with van der Waals surface area (Å²) >= 11 is 0. The molecule has 2 aliphatic heterocycles. The summed E-state index contributed by atoms with van der Waals surface area (Å²) in [7, 11) is -2.04. The fourth-order valence-electron chi connectivity index (χ4n) is 4.21. The molecule has 0 unspecified atom stereocenters. The molecular formula is C31H33N3O3Si. The molecule has 0 saturated carbocycles. The van der Waals surface area contributed by atoms with Crippen molar-refractivity contribution in [3.05, 3.63) is 101 Å². The smallest absolute Gasteiger partial charge is 0.282 e. The zero-order valence-electron chi connectivity index (χ0n) is 22.8. The van der Waals surface area contributed by atoms with Crippen molar-refractivity contribution < 1.29 is 13.6 Å². The predicted octanol–water partition coefficient (Wildman–Crippen LogP) is 7.25. The van der Waals surface area contributed by atoms with Crippen LogP contribution in [-0.4, -0.2) is 30.7 Å². The minimum Gasteiger partial charge on any atom is -0.543 e. The van der Waals surface area contributed by atoms with Crippen LogP contribution in [0.15, 0.2) is 93.2 Å². The van der Waals surface area contributed by atoms with Gasteiger partial charge in [0.05, 0.1) is 23.9 Å². The molecule has 0 aliphatic carbocycles. The van der Waals surface area contributed by atoms with E-state index in [-0.39, 0.29) is 10.9 Å². The van der Waals surface area contributed by atoms with Crippen LogP contribution in [0.5, 0.6) is 5.75 Å². The third kappa shape index (κ3) is 5.06. The highest BCUT2D eigenvalue weighted by Gasteiger charge is 2.40. The van der Waals surface area contributed by atoms with Gasteiger partial charge in [-0.15, -0.1) is 0 Å². The lowest BCUT2D eigenvalue weighted by Crippen LogP contribution is -2.43. The molecule has 1 aromatic heterocycles. The molecule has 6 nitrogen and oxygen atoms in total. The SMILES string of the molecule is Cc1cccc(CC2=NC=C(c3cccc(O[Si](C)(C)C(C)(C)C)c3)N3C(=O)C(=Cc4ccco4)N=C23)c1. The van der Waals surface area contributed by atoms with Gasteiger partial charge < -0.3 is 8.84 Å². The number of aryl methyl sites for hydroxylation is 1. The van der Waals surface area contributed by atoms with Crippen LogP contribution < -0.4 is 4.43 Å². The number of carbonyl (C=O) groups excluding carboxylic acids is 1. The van der Waals surface area contributed by atoms with Crippen molar-refractivity contribution in [2.45, 2.75) is 52.2 Å². The monoisotopic (exact) mass is 523 g/mol. The van der Waals surface area contributed by atoms with E-state index in [9.17, 15) is 4.79 Å². The number of nitrogens with zero attached hydrogens (tertiary/aromatic N) is 3. The standard InChI is InChI=1S/C31H33N3O3Si/c1-21-10-7-11-22(16-21)17-26-29-33-27(19-24-14-9-15-36-24)30(35)34(29)28(20-32-26)23-12-8-13-25(18-23)37-38(5,6)31(2,3)4/h7-16,18-20H,17H2,1-6H3. The van der Waals surface area contributed by atoms with Crippen molar-refractivity contribution in [1.82, 2.24) is 4.90 Å². The molecule has 0 radical (unpaired) electrons. The molecule has 3 heterocycles. The number of benzene rings is 2. The maximum atomic E-state index is 13.7. The normalized spacial score (nSPS) is 16.8. The number of amidine groups is 1. The lowest BCUT2D eigenvalue weighted by Gasteiger charge is -2.36. The van der Waals surface area contributed by atoms with Gasteiger partial charge in [0.2, 0.25) is 8.32 Å². The second kappa shape index (κ2) is 9.72. The van der Waals surface area contributed by atoms with Crippen LogP contribution >= 0.6 is 0 Å². The Kier molecular flexibility index (Phi) is 6.57. The second-order valence-corrected chi connectivity index (χ2v) is 16.0. The van der Waals surface area contributed by atoms with Crippen LogP contribution in [0.3, 0.4) is 0 Å². The molecular weight excluding hydrogens is 490 g/mol. The highest BCUT2D eigenvalue weighted by atomic mass is 28.4. The summed E-state index contributed by atoms with van der Waals surface area (Å²) in [5.74, 6) is 1.70. The zero-order valence-corrected chi connectivity index (χ0v) is 23.8. The number of amides is 1. The van der Waals surface area contributed by atoms with E-state index in [0.29, 0.717) is 29.4 Å². The lowest BCUT2D eigenvalue weighted by atomic mass is 10.0. The highest BCUT2D eigenvalue weighted by Crippen LogP contribution is 2.38. The minimum absolute atomic E-state index is 0.0678. The third-order valence-corrected chi connectivity index (χ3v) is 11.6. The maximum Gasteiger partial charge on any atom is 0.282 e. The Hall–Kier alpha value is -3.97. The number of carbonyl (C=O) groups is 1. The summed E-state index contributed by atoms with van der Waals surface area (Å²) in [6.07, 6.45) is 5.59. The Balaban J connectivity index is 1.55. The molecule has 0 saturated heterocycles. The van der Waals surface area contributed by atoms with E-state index in [0.717, 1.165) is 22.6 Å². The van der Waals surface area contributed by atoms with E-state index in [2.05, 4.69) is 59.0 Å². The van der Waals surface area contributed by atoms with Gasteiger partial charge in [-0.1, -0.05) is 62.7 Å². The van der Waals surface area contributed by atoms with Gasteiger partial charge in [0.15, 0.2) is 5.84 Å². The predicted molar refractivity (Wildman–Crippen MR) is 156 cm³/mol. The summed E-state index contributed by atoms with van der Waals surface area (Å²) in [6, 6.07) is 19.8. The molecule has 0 atom stereocenters. The maximum absolute atomic E-state index is 13.7. The van der Waals surface area contributed by atoms with Crippen molar-refractivity contribution in [2.75, 3.05) is 0 Å². The van der Waals surface area contributed by atoms with E-state index < -0.39 is 8.32 Å². The van der Waals surface area contributed by atoms with Gasteiger partial charge >= 0.3 is 0 Å². The molecule has 5 rings (SSSR count). The summed E-state index contributed by atoms with van der Waals surface area (Å²) in [6.45, 7) is 13.2. The Labute approximate surface area is 225 Å². The molecule has 194 valence electrons. The fourth-order valence-corrected chi connectivity index (χ4v) is 5.23. The molecule has 0 N–H and O–H groups in total. The largest absolute Gasteiger partial charge is 0.543 e. The Morgan fingerprint density at radius 2 is 1.84 bits per heavy atom. The van der Waals surface area contributed by atoms with E-state index >= 15 is 0 Å².